The Hall–Kier alpha value is -1.38. The predicted octanol–water partition coefficient (Wildman–Crippen LogP) is 3.73. The van der Waals surface area contributed by atoms with Crippen LogP contribution in [-0.4, -0.2) is 12.1 Å². The lowest BCUT2D eigenvalue weighted by Crippen LogP contribution is -2.17. The van der Waals surface area contributed by atoms with Gasteiger partial charge in [0.25, 0.3) is 0 Å². The standard InChI is InChI=1S/C14H19FO2/c1-9(2)7-11(4)17-14(16)12-6-5-10(3)8-13(12)15/h5-6,8-9,11H,7H2,1-4H3. The van der Waals surface area contributed by atoms with Gasteiger partial charge in [-0.15, -0.1) is 0 Å². The van der Waals surface area contributed by atoms with Crippen molar-refractivity contribution in [1.82, 2.24) is 0 Å². The van der Waals surface area contributed by atoms with Gasteiger partial charge in [-0.1, -0.05) is 19.9 Å². The molecule has 1 aromatic carbocycles. The zero-order valence-electron chi connectivity index (χ0n) is 10.8. The molecule has 0 fully saturated rings. The third kappa shape index (κ3) is 4.17. The van der Waals surface area contributed by atoms with Crippen LogP contribution in [-0.2, 0) is 4.74 Å². The molecule has 3 heteroatoms. The van der Waals surface area contributed by atoms with E-state index in [0.29, 0.717) is 5.92 Å². The number of carbonyl (C=O) groups excluding carboxylic acids is 1. The van der Waals surface area contributed by atoms with Gasteiger partial charge in [-0.3, -0.25) is 0 Å². The minimum Gasteiger partial charge on any atom is -0.459 e. The van der Waals surface area contributed by atoms with Gasteiger partial charge in [0.1, 0.15) is 5.82 Å². The predicted molar refractivity (Wildman–Crippen MR) is 65.5 cm³/mol. The van der Waals surface area contributed by atoms with Crippen LogP contribution < -0.4 is 0 Å². The molecule has 0 aliphatic rings. The van der Waals surface area contributed by atoms with Crippen molar-refractivity contribution in [3.63, 3.8) is 0 Å². The van der Waals surface area contributed by atoms with E-state index < -0.39 is 11.8 Å². The summed E-state index contributed by atoms with van der Waals surface area (Å²) in [5.74, 6) is -0.664. The number of benzene rings is 1. The minimum absolute atomic E-state index is 0.00575. The highest BCUT2D eigenvalue weighted by molar-refractivity contribution is 5.89. The smallest absolute Gasteiger partial charge is 0.341 e. The van der Waals surface area contributed by atoms with E-state index in [9.17, 15) is 9.18 Å². The Morgan fingerprint density at radius 2 is 2.00 bits per heavy atom. The third-order valence-corrected chi connectivity index (χ3v) is 2.46. The second-order valence-electron chi connectivity index (χ2n) is 4.83. The molecule has 17 heavy (non-hydrogen) atoms. The number of aryl methyl sites for hydroxylation is 1. The molecule has 0 spiro atoms. The highest BCUT2D eigenvalue weighted by Crippen LogP contribution is 2.14. The highest BCUT2D eigenvalue weighted by atomic mass is 19.1. The fourth-order valence-corrected chi connectivity index (χ4v) is 1.74. The van der Waals surface area contributed by atoms with Crippen LogP contribution in [0.3, 0.4) is 0 Å². The van der Waals surface area contributed by atoms with E-state index in [-0.39, 0.29) is 11.7 Å². The summed E-state index contributed by atoms with van der Waals surface area (Å²) >= 11 is 0. The maximum absolute atomic E-state index is 13.5. The normalized spacial score (nSPS) is 12.6. The fourth-order valence-electron chi connectivity index (χ4n) is 1.74. The van der Waals surface area contributed by atoms with Crippen LogP contribution in [0.15, 0.2) is 18.2 Å². The zero-order chi connectivity index (χ0) is 13.0. The summed E-state index contributed by atoms with van der Waals surface area (Å²) in [6.45, 7) is 7.71. The van der Waals surface area contributed by atoms with Crippen molar-refractivity contribution in [3.05, 3.63) is 35.1 Å². The molecule has 0 heterocycles. The van der Waals surface area contributed by atoms with E-state index in [1.165, 1.54) is 12.1 Å². The number of ether oxygens (including phenoxy) is 1. The fraction of sp³-hybridized carbons (Fsp3) is 0.500. The summed E-state index contributed by atoms with van der Waals surface area (Å²) in [5, 5.41) is 0. The van der Waals surface area contributed by atoms with Gasteiger partial charge in [-0.2, -0.15) is 0 Å². The van der Waals surface area contributed by atoms with Crippen molar-refractivity contribution in [2.75, 3.05) is 0 Å². The number of carbonyl (C=O) groups is 1. The van der Waals surface area contributed by atoms with Gasteiger partial charge in [0, 0.05) is 0 Å². The Balaban J connectivity index is 2.70. The first kappa shape index (κ1) is 13.7. The molecule has 2 nitrogen and oxygen atoms in total. The average molecular weight is 238 g/mol. The molecule has 1 rings (SSSR count). The maximum Gasteiger partial charge on any atom is 0.341 e. The Morgan fingerprint density at radius 1 is 1.35 bits per heavy atom. The van der Waals surface area contributed by atoms with E-state index in [0.717, 1.165) is 12.0 Å². The molecule has 0 aliphatic carbocycles. The minimum atomic E-state index is -0.587. The van der Waals surface area contributed by atoms with Crippen LogP contribution in [0, 0.1) is 18.7 Å². The second kappa shape index (κ2) is 5.80. The van der Waals surface area contributed by atoms with Gasteiger partial charge >= 0.3 is 5.97 Å². The quantitative estimate of drug-likeness (QED) is 0.747. The Kier molecular flexibility index (Phi) is 4.67. The van der Waals surface area contributed by atoms with E-state index >= 15 is 0 Å². The van der Waals surface area contributed by atoms with E-state index in [1.807, 2.05) is 6.92 Å². The number of halogens is 1. The third-order valence-electron chi connectivity index (χ3n) is 2.46. The number of hydrogen-bond acceptors (Lipinski definition) is 2. The lowest BCUT2D eigenvalue weighted by atomic mass is 10.1. The van der Waals surface area contributed by atoms with Gasteiger partial charge in [-0.05, 0) is 43.9 Å². The van der Waals surface area contributed by atoms with Crippen molar-refractivity contribution in [2.24, 2.45) is 5.92 Å². The largest absolute Gasteiger partial charge is 0.459 e. The van der Waals surface area contributed by atoms with Gasteiger partial charge in [-0.25, -0.2) is 9.18 Å². The van der Waals surface area contributed by atoms with Crippen LogP contribution in [0.1, 0.15) is 43.1 Å². The molecule has 1 atom stereocenters. The highest BCUT2D eigenvalue weighted by Gasteiger charge is 2.16. The summed E-state index contributed by atoms with van der Waals surface area (Å²) in [7, 11) is 0. The topological polar surface area (TPSA) is 26.3 Å². The molecular weight excluding hydrogens is 219 g/mol. The lowest BCUT2D eigenvalue weighted by molar-refractivity contribution is 0.0294. The van der Waals surface area contributed by atoms with Crippen LogP contribution in [0.2, 0.25) is 0 Å². The summed E-state index contributed by atoms with van der Waals surface area (Å²) < 4.78 is 18.7. The van der Waals surface area contributed by atoms with Crippen molar-refractivity contribution in [2.45, 2.75) is 40.2 Å². The van der Waals surface area contributed by atoms with E-state index in [2.05, 4.69) is 13.8 Å². The molecule has 0 radical (unpaired) electrons. The summed E-state index contributed by atoms with van der Waals surface area (Å²) in [6, 6.07) is 4.51. The van der Waals surface area contributed by atoms with Crippen molar-refractivity contribution >= 4 is 5.97 Å². The van der Waals surface area contributed by atoms with Crippen LogP contribution in [0.25, 0.3) is 0 Å². The second-order valence-corrected chi connectivity index (χ2v) is 4.83. The van der Waals surface area contributed by atoms with Crippen LogP contribution in [0.4, 0.5) is 4.39 Å². The first-order valence-electron chi connectivity index (χ1n) is 5.87. The molecule has 0 bridgehead atoms. The summed E-state index contributed by atoms with van der Waals surface area (Å²) in [6.07, 6.45) is 0.586. The first-order valence-corrected chi connectivity index (χ1v) is 5.87. The number of rotatable bonds is 4. The Labute approximate surface area is 102 Å². The zero-order valence-corrected chi connectivity index (χ0v) is 10.8. The van der Waals surface area contributed by atoms with E-state index in [4.69, 9.17) is 4.74 Å². The molecular formula is C14H19FO2. The Morgan fingerprint density at radius 3 is 2.53 bits per heavy atom. The van der Waals surface area contributed by atoms with Crippen molar-refractivity contribution in [1.29, 1.82) is 0 Å². The SMILES string of the molecule is Cc1ccc(C(=O)OC(C)CC(C)C)c(F)c1. The number of hydrogen-bond donors (Lipinski definition) is 0. The molecule has 0 saturated heterocycles. The van der Waals surface area contributed by atoms with E-state index in [1.54, 1.807) is 13.0 Å². The maximum atomic E-state index is 13.5. The Bertz CT molecular complexity index is 399. The van der Waals surface area contributed by atoms with Gasteiger partial charge in [0.2, 0.25) is 0 Å². The average Bonchev–Trinajstić information content (AvgIpc) is 2.15. The van der Waals surface area contributed by atoms with Gasteiger partial charge in [0.15, 0.2) is 0 Å². The molecule has 94 valence electrons. The molecule has 0 saturated carbocycles. The molecule has 0 aliphatic heterocycles. The van der Waals surface area contributed by atoms with Crippen LogP contribution in [0.5, 0.6) is 0 Å². The number of esters is 1. The molecule has 0 N–H and O–H groups in total. The van der Waals surface area contributed by atoms with Crippen molar-refractivity contribution < 1.29 is 13.9 Å². The van der Waals surface area contributed by atoms with Gasteiger partial charge < -0.3 is 4.74 Å². The van der Waals surface area contributed by atoms with Crippen molar-refractivity contribution in [3.8, 4) is 0 Å². The first-order chi connectivity index (χ1) is 7.90. The molecule has 0 aromatic heterocycles. The summed E-state index contributed by atoms with van der Waals surface area (Å²) in [5.41, 5.74) is 0.792. The molecule has 0 amide bonds. The monoisotopic (exact) mass is 238 g/mol. The molecule has 1 aromatic rings. The van der Waals surface area contributed by atoms with Gasteiger partial charge in [0.05, 0.1) is 11.7 Å². The molecule has 1 unspecified atom stereocenters. The summed E-state index contributed by atoms with van der Waals surface area (Å²) in [4.78, 5) is 11.7. The van der Waals surface area contributed by atoms with Crippen LogP contribution >= 0.6 is 0 Å². The lowest BCUT2D eigenvalue weighted by Gasteiger charge is -2.15.